The highest BCUT2D eigenvalue weighted by Crippen LogP contribution is 2.44. The minimum absolute atomic E-state index is 0.0257. The maximum Gasteiger partial charge on any atom is 0.412 e. The van der Waals surface area contributed by atoms with E-state index < -0.39 is 29.4 Å². The fourth-order valence-electron chi connectivity index (χ4n) is 4.32. The lowest BCUT2D eigenvalue weighted by Crippen LogP contribution is -2.31. The number of amides is 3. The molecule has 0 aromatic heterocycles. The molecule has 0 spiro atoms. The molecule has 0 aliphatic heterocycles. The zero-order valence-electron chi connectivity index (χ0n) is 21.6. The monoisotopic (exact) mass is 550 g/mol. The number of phenols is 1. The van der Waals surface area contributed by atoms with Crippen molar-refractivity contribution in [3.05, 3.63) is 77.4 Å². The van der Waals surface area contributed by atoms with Crippen LogP contribution in [0, 0.1) is 0 Å². The van der Waals surface area contributed by atoms with Gasteiger partial charge in [0.25, 0.3) is 5.91 Å². The van der Waals surface area contributed by atoms with Crippen molar-refractivity contribution in [2.75, 3.05) is 45.4 Å². The quantitative estimate of drug-likeness (QED) is 0.0979. The van der Waals surface area contributed by atoms with Crippen molar-refractivity contribution < 1.29 is 38.4 Å². The van der Waals surface area contributed by atoms with Crippen LogP contribution in [0.5, 0.6) is 11.5 Å². The van der Waals surface area contributed by atoms with E-state index in [2.05, 4.69) is 22.8 Å². The Labute approximate surface area is 230 Å². The molecular formula is C28H30N4O8. The number of alkyl carbamates (subject to hydrolysis) is 1. The van der Waals surface area contributed by atoms with Crippen LogP contribution in [-0.2, 0) is 14.2 Å². The lowest BCUT2D eigenvalue weighted by molar-refractivity contribution is 0.0393. The average molecular weight is 551 g/mol. The van der Waals surface area contributed by atoms with Crippen LogP contribution in [0.4, 0.5) is 15.3 Å². The Hall–Kier alpha value is -4.81. The highest BCUT2D eigenvalue weighted by atomic mass is 16.6. The molecule has 0 saturated carbocycles. The van der Waals surface area contributed by atoms with Crippen LogP contribution < -0.4 is 26.8 Å². The minimum Gasteiger partial charge on any atom is -0.505 e. The molecule has 3 amide bonds. The molecular weight excluding hydrogens is 520 g/mol. The molecule has 7 N–H and O–H groups in total. The van der Waals surface area contributed by atoms with E-state index in [0.717, 1.165) is 22.3 Å². The van der Waals surface area contributed by atoms with Gasteiger partial charge in [-0.1, -0.05) is 48.5 Å². The highest BCUT2D eigenvalue weighted by Gasteiger charge is 2.29. The Morgan fingerprint density at radius 1 is 0.825 bits per heavy atom. The molecule has 210 valence electrons. The van der Waals surface area contributed by atoms with Gasteiger partial charge >= 0.3 is 12.2 Å². The number of hydrogen-bond acceptors (Lipinski definition) is 9. The van der Waals surface area contributed by atoms with E-state index in [-0.39, 0.29) is 57.1 Å². The van der Waals surface area contributed by atoms with Gasteiger partial charge in [0.2, 0.25) is 0 Å². The first-order valence-corrected chi connectivity index (χ1v) is 12.5. The smallest absolute Gasteiger partial charge is 0.412 e. The molecule has 0 bridgehead atoms. The fraction of sp³-hybridized carbons (Fsp3) is 0.250. The maximum absolute atomic E-state index is 12.1. The lowest BCUT2D eigenvalue weighted by atomic mass is 9.98. The fourth-order valence-corrected chi connectivity index (χ4v) is 4.32. The lowest BCUT2D eigenvalue weighted by Gasteiger charge is -2.14. The Morgan fingerprint density at radius 3 is 2.15 bits per heavy atom. The molecule has 0 heterocycles. The number of nitrogens with two attached hydrogens (primary N) is 2. The van der Waals surface area contributed by atoms with Crippen LogP contribution in [-0.4, -0.2) is 62.9 Å². The molecule has 0 saturated heterocycles. The second-order valence-electron chi connectivity index (χ2n) is 8.72. The first-order valence-electron chi connectivity index (χ1n) is 12.5. The van der Waals surface area contributed by atoms with Crippen LogP contribution in [0.1, 0.15) is 27.4 Å². The molecule has 12 heteroatoms. The number of benzene rings is 3. The largest absolute Gasteiger partial charge is 0.505 e. The molecule has 4 rings (SSSR count). The van der Waals surface area contributed by atoms with Crippen molar-refractivity contribution in [3.63, 3.8) is 0 Å². The molecule has 1 aliphatic rings. The summed E-state index contributed by atoms with van der Waals surface area (Å²) in [4.78, 5) is 35.6. The molecule has 0 fully saturated rings. The first kappa shape index (κ1) is 28.2. The summed E-state index contributed by atoms with van der Waals surface area (Å²) in [6, 6.07) is 18.7. The van der Waals surface area contributed by atoms with Crippen LogP contribution >= 0.6 is 0 Å². The standard InChI is InChI=1S/C28H30N4O8/c29-22-9-10-23(24(25(22)33)26(30)34)40-28(36)31-11-12-37-13-14-38-16-32-27(35)39-15-21-19-7-3-1-5-17(19)18-6-2-4-8-20(18)21/h1-10,21,33H,11-16,29H2,(H2,30,34)(H,31,36)(H,32,35). The van der Waals surface area contributed by atoms with E-state index in [4.69, 9.17) is 30.4 Å². The van der Waals surface area contributed by atoms with E-state index in [1.165, 1.54) is 12.1 Å². The molecule has 0 atom stereocenters. The van der Waals surface area contributed by atoms with E-state index in [1.54, 1.807) is 0 Å². The van der Waals surface area contributed by atoms with Crippen LogP contribution in [0.25, 0.3) is 11.1 Å². The van der Waals surface area contributed by atoms with Gasteiger partial charge in [-0.25, -0.2) is 9.59 Å². The summed E-state index contributed by atoms with van der Waals surface area (Å²) in [6.45, 7) is 0.808. The SMILES string of the molecule is NC(=O)c1c(OC(=O)NCCOCCOCNC(=O)OCC2c3ccccc3-c3ccccc32)ccc(N)c1O. The van der Waals surface area contributed by atoms with Gasteiger partial charge in [0.05, 0.1) is 25.5 Å². The van der Waals surface area contributed by atoms with Crippen LogP contribution in [0.2, 0.25) is 0 Å². The molecule has 12 nitrogen and oxygen atoms in total. The van der Waals surface area contributed by atoms with Crippen molar-refractivity contribution in [3.8, 4) is 22.6 Å². The number of aromatic hydroxyl groups is 1. The summed E-state index contributed by atoms with van der Waals surface area (Å²) in [5, 5.41) is 14.8. The third-order valence-corrected chi connectivity index (χ3v) is 6.17. The van der Waals surface area contributed by atoms with Crippen LogP contribution in [0.3, 0.4) is 0 Å². The second-order valence-corrected chi connectivity index (χ2v) is 8.72. The number of primary amides is 1. The van der Waals surface area contributed by atoms with E-state index in [9.17, 15) is 19.5 Å². The molecule has 1 aliphatic carbocycles. The first-order chi connectivity index (χ1) is 19.4. The minimum atomic E-state index is -0.996. The van der Waals surface area contributed by atoms with Crippen molar-refractivity contribution in [2.45, 2.75) is 5.92 Å². The summed E-state index contributed by atoms with van der Waals surface area (Å²) in [5.41, 5.74) is 14.8. The van der Waals surface area contributed by atoms with Crippen molar-refractivity contribution in [2.24, 2.45) is 5.73 Å². The highest BCUT2D eigenvalue weighted by molar-refractivity contribution is 6.00. The number of anilines is 1. The predicted molar refractivity (Wildman–Crippen MR) is 145 cm³/mol. The van der Waals surface area contributed by atoms with Gasteiger partial charge in [0, 0.05) is 12.5 Å². The number of nitrogen functional groups attached to an aromatic ring is 1. The summed E-state index contributed by atoms with van der Waals surface area (Å²) >= 11 is 0. The predicted octanol–water partition coefficient (Wildman–Crippen LogP) is 2.69. The Morgan fingerprint density at radius 2 is 1.48 bits per heavy atom. The van der Waals surface area contributed by atoms with Gasteiger partial charge in [-0.15, -0.1) is 0 Å². The molecule has 0 unspecified atom stereocenters. The van der Waals surface area contributed by atoms with Crippen LogP contribution in [0.15, 0.2) is 60.7 Å². The van der Waals surface area contributed by atoms with Crippen molar-refractivity contribution in [1.82, 2.24) is 10.6 Å². The number of ether oxygens (including phenoxy) is 4. The number of carbonyl (C=O) groups is 3. The van der Waals surface area contributed by atoms with E-state index in [0.29, 0.717) is 0 Å². The number of nitrogens with one attached hydrogen (secondary N) is 2. The van der Waals surface area contributed by atoms with E-state index in [1.807, 2.05) is 36.4 Å². The number of carbonyl (C=O) groups excluding carboxylic acids is 3. The van der Waals surface area contributed by atoms with Crippen molar-refractivity contribution in [1.29, 1.82) is 0 Å². The Bertz CT molecular complexity index is 1330. The van der Waals surface area contributed by atoms with Gasteiger partial charge in [-0.05, 0) is 34.4 Å². The number of rotatable bonds is 12. The average Bonchev–Trinajstić information content (AvgIpc) is 3.26. The van der Waals surface area contributed by atoms with Gasteiger partial charge in [0.15, 0.2) is 5.75 Å². The molecule has 3 aromatic carbocycles. The van der Waals surface area contributed by atoms with E-state index >= 15 is 0 Å². The third-order valence-electron chi connectivity index (χ3n) is 6.17. The molecule has 0 radical (unpaired) electrons. The number of fused-ring (bicyclic) bond motifs is 3. The maximum atomic E-state index is 12.1. The van der Waals surface area contributed by atoms with Gasteiger partial charge in [-0.2, -0.15) is 0 Å². The van der Waals surface area contributed by atoms with Gasteiger partial charge in [-0.3, -0.25) is 10.1 Å². The third kappa shape index (κ3) is 6.79. The second kappa shape index (κ2) is 13.3. The Balaban J connectivity index is 1.06. The van der Waals surface area contributed by atoms with Crippen molar-refractivity contribution >= 4 is 23.8 Å². The summed E-state index contributed by atoms with van der Waals surface area (Å²) < 4.78 is 21.1. The molecule has 40 heavy (non-hydrogen) atoms. The van der Waals surface area contributed by atoms with Gasteiger partial charge in [0.1, 0.15) is 24.7 Å². The number of hydrogen-bond donors (Lipinski definition) is 5. The summed E-state index contributed by atoms with van der Waals surface area (Å²) in [5.74, 6) is -1.81. The summed E-state index contributed by atoms with van der Waals surface area (Å²) in [6.07, 6.45) is -1.46. The van der Waals surface area contributed by atoms with Gasteiger partial charge < -0.3 is 40.8 Å². The summed E-state index contributed by atoms with van der Waals surface area (Å²) in [7, 11) is 0. The zero-order chi connectivity index (χ0) is 28.5. The Kier molecular flexibility index (Phi) is 9.39. The zero-order valence-corrected chi connectivity index (χ0v) is 21.6. The normalized spacial score (nSPS) is 11.8. The molecule has 3 aromatic rings. The topological polar surface area (TPSA) is 184 Å².